The van der Waals surface area contributed by atoms with Gasteiger partial charge in [-0.3, -0.25) is 0 Å². The van der Waals surface area contributed by atoms with E-state index in [9.17, 15) is 0 Å². The highest BCUT2D eigenvalue weighted by Gasteiger charge is 2.21. The monoisotopic (exact) mass is 264 g/mol. The Labute approximate surface area is 98.6 Å². The summed E-state index contributed by atoms with van der Waals surface area (Å²) < 4.78 is 6.59. The van der Waals surface area contributed by atoms with Gasteiger partial charge in [-0.05, 0) is 11.1 Å². The number of ether oxygens (including phenoxy) is 1. The van der Waals surface area contributed by atoms with Crippen molar-refractivity contribution in [3.05, 3.63) is 54.1 Å². The van der Waals surface area contributed by atoms with E-state index in [1.807, 2.05) is 24.3 Å². The van der Waals surface area contributed by atoms with E-state index in [0.29, 0.717) is 12.5 Å². The maximum Gasteiger partial charge on any atom is 0.0697 e. The quantitative estimate of drug-likeness (QED) is 0.742. The van der Waals surface area contributed by atoms with Crippen molar-refractivity contribution >= 4 is 20.4 Å². The number of rotatable bonds is 2. The van der Waals surface area contributed by atoms with Crippen LogP contribution >= 0.6 is 15.9 Å². The van der Waals surface area contributed by atoms with E-state index in [2.05, 4.69) is 34.6 Å². The molecule has 0 aliphatic carbocycles. The zero-order valence-electron chi connectivity index (χ0n) is 8.45. The van der Waals surface area contributed by atoms with E-state index in [4.69, 9.17) is 4.74 Å². The molecule has 1 atom stereocenters. The van der Waals surface area contributed by atoms with E-state index in [0.717, 1.165) is 11.1 Å². The molecule has 1 nitrogen and oxygen atoms in total. The second-order valence-corrected chi connectivity index (χ2v) is 4.36. The summed E-state index contributed by atoms with van der Waals surface area (Å²) in [4.78, 5) is 0. The normalized spacial score (nSPS) is 23.9. The number of hydrogen-bond donors (Lipinski definition) is 0. The van der Waals surface area contributed by atoms with E-state index in [1.54, 1.807) is 0 Å². The van der Waals surface area contributed by atoms with Crippen LogP contribution in [0.1, 0.15) is 5.56 Å². The summed E-state index contributed by atoms with van der Waals surface area (Å²) in [5.74, 6) is 0.347. The van der Waals surface area contributed by atoms with Gasteiger partial charge in [0.25, 0.3) is 0 Å². The third-order valence-corrected chi connectivity index (χ3v) is 3.56. The Balaban J connectivity index is 2.36. The molecule has 2 heteroatoms. The highest BCUT2D eigenvalue weighted by atomic mass is 79.9. The molecule has 1 aliphatic heterocycles. The zero-order chi connectivity index (χ0) is 10.7. The van der Waals surface area contributed by atoms with Crippen molar-refractivity contribution in [2.24, 2.45) is 5.92 Å². The molecule has 1 unspecified atom stereocenters. The van der Waals surface area contributed by atoms with Gasteiger partial charge in [-0.15, -0.1) is 6.58 Å². The summed E-state index contributed by atoms with van der Waals surface area (Å²) in [6.45, 7) is 5.29. The predicted octanol–water partition coefficient (Wildman–Crippen LogP) is 3.63. The fourth-order valence-electron chi connectivity index (χ4n) is 1.71. The molecule has 78 valence electrons. The van der Waals surface area contributed by atoms with Crippen LogP contribution in [0, 0.1) is 5.92 Å². The molecule has 1 aromatic carbocycles. The van der Waals surface area contributed by atoms with Crippen LogP contribution in [-0.4, -0.2) is 13.2 Å². The van der Waals surface area contributed by atoms with E-state index in [1.165, 1.54) is 11.1 Å². The fourth-order valence-corrected chi connectivity index (χ4v) is 2.38. The Morgan fingerprint density at radius 3 is 2.80 bits per heavy atom. The molecular formula is C13H13BrO. The molecular weight excluding hydrogens is 252 g/mol. The third kappa shape index (κ3) is 2.21. The van der Waals surface area contributed by atoms with Crippen molar-refractivity contribution in [3.8, 4) is 0 Å². The largest absolute Gasteiger partial charge is 0.376 e. The highest BCUT2D eigenvalue weighted by Crippen LogP contribution is 2.33. The molecule has 1 aromatic rings. The molecule has 0 aromatic heterocycles. The summed E-state index contributed by atoms with van der Waals surface area (Å²) in [7, 11) is 0. The topological polar surface area (TPSA) is 9.23 Å². The van der Waals surface area contributed by atoms with Crippen LogP contribution in [0.25, 0.3) is 4.48 Å². The average molecular weight is 265 g/mol. The van der Waals surface area contributed by atoms with Crippen molar-refractivity contribution < 1.29 is 4.74 Å². The minimum absolute atomic E-state index is 0.347. The highest BCUT2D eigenvalue weighted by molar-refractivity contribution is 9.15. The van der Waals surface area contributed by atoms with Crippen LogP contribution in [0.5, 0.6) is 0 Å². The first-order valence-corrected chi connectivity index (χ1v) is 5.76. The first kappa shape index (κ1) is 10.7. The van der Waals surface area contributed by atoms with Gasteiger partial charge < -0.3 is 4.74 Å². The fraction of sp³-hybridized carbons (Fsp3) is 0.231. The van der Waals surface area contributed by atoms with Crippen LogP contribution in [0.15, 0.2) is 48.6 Å². The molecule has 1 heterocycles. The van der Waals surface area contributed by atoms with Crippen LogP contribution in [0.3, 0.4) is 0 Å². The van der Waals surface area contributed by atoms with Crippen molar-refractivity contribution in [2.75, 3.05) is 13.2 Å². The average Bonchev–Trinajstić information content (AvgIpc) is 2.77. The lowest BCUT2D eigenvalue weighted by molar-refractivity contribution is 0.195. The van der Waals surface area contributed by atoms with Crippen molar-refractivity contribution in [2.45, 2.75) is 0 Å². The maximum atomic E-state index is 5.44. The first-order valence-electron chi connectivity index (χ1n) is 4.97. The summed E-state index contributed by atoms with van der Waals surface area (Å²) in [5.41, 5.74) is 2.49. The van der Waals surface area contributed by atoms with E-state index in [-0.39, 0.29) is 0 Å². The summed E-state index contributed by atoms with van der Waals surface area (Å²) in [5, 5.41) is 0. The standard InChI is InChI=1S/C13H13BrO/c1-2-10-8-15-9-12(10)13(14)11-6-4-3-5-7-11/h2-7,10H,1,8-9H2/b13-12+. The third-order valence-electron chi connectivity index (χ3n) is 2.60. The first-order chi connectivity index (χ1) is 7.33. The molecule has 0 amide bonds. The van der Waals surface area contributed by atoms with E-state index < -0.39 is 0 Å². The van der Waals surface area contributed by atoms with Crippen molar-refractivity contribution in [1.82, 2.24) is 0 Å². The number of hydrogen-bond acceptors (Lipinski definition) is 1. The lowest BCUT2D eigenvalue weighted by Crippen LogP contribution is -1.98. The van der Waals surface area contributed by atoms with Crippen LogP contribution in [-0.2, 0) is 4.74 Å². The molecule has 0 N–H and O–H groups in total. The Bertz CT molecular complexity index is 381. The molecule has 2 rings (SSSR count). The molecule has 1 saturated heterocycles. The number of benzene rings is 1. The lowest BCUT2D eigenvalue weighted by atomic mass is 10.0. The van der Waals surface area contributed by atoms with Gasteiger partial charge in [0.1, 0.15) is 0 Å². The maximum absolute atomic E-state index is 5.44. The van der Waals surface area contributed by atoms with Gasteiger partial charge in [0.15, 0.2) is 0 Å². The van der Waals surface area contributed by atoms with Crippen LogP contribution < -0.4 is 0 Å². The lowest BCUT2D eigenvalue weighted by Gasteiger charge is -2.08. The predicted molar refractivity (Wildman–Crippen MR) is 66.8 cm³/mol. The second-order valence-electron chi connectivity index (χ2n) is 3.56. The van der Waals surface area contributed by atoms with Gasteiger partial charge in [0, 0.05) is 10.4 Å². The minimum atomic E-state index is 0.347. The van der Waals surface area contributed by atoms with Gasteiger partial charge in [-0.2, -0.15) is 0 Å². The molecule has 0 spiro atoms. The molecule has 1 aliphatic rings. The van der Waals surface area contributed by atoms with Gasteiger partial charge in [-0.25, -0.2) is 0 Å². The summed E-state index contributed by atoms with van der Waals surface area (Å²) in [6.07, 6.45) is 1.95. The molecule has 0 radical (unpaired) electrons. The molecule has 1 fully saturated rings. The number of halogens is 1. The van der Waals surface area contributed by atoms with Crippen molar-refractivity contribution in [3.63, 3.8) is 0 Å². The van der Waals surface area contributed by atoms with Crippen LogP contribution in [0.4, 0.5) is 0 Å². The van der Waals surface area contributed by atoms with Gasteiger partial charge in [0.05, 0.1) is 13.2 Å². The van der Waals surface area contributed by atoms with Gasteiger partial charge >= 0.3 is 0 Å². The van der Waals surface area contributed by atoms with E-state index >= 15 is 0 Å². The van der Waals surface area contributed by atoms with Gasteiger partial charge in [-0.1, -0.05) is 52.3 Å². The Hall–Kier alpha value is -0.860. The minimum Gasteiger partial charge on any atom is -0.376 e. The smallest absolute Gasteiger partial charge is 0.0697 e. The second kappa shape index (κ2) is 4.77. The summed E-state index contributed by atoms with van der Waals surface area (Å²) >= 11 is 3.65. The Kier molecular flexibility index (Phi) is 3.39. The SMILES string of the molecule is C=CC1COC/C1=C(\Br)c1ccccc1. The summed E-state index contributed by atoms with van der Waals surface area (Å²) in [6, 6.07) is 10.3. The molecule has 0 bridgehead atoms. The van der Waals surface area contributed by atoms with Crippen molar-refractivity contribution in [1.29, 1.82) is 0 Å². The molecule has 0 saturated carbocycles. The van der Waals surface area contributed by atoms with Crippen LogP contribution in [0.2, 0.25) is 0 Å². The van der Waals surface area contributed by atoms with Gasteiger partial charge in [0.2, 0.25) is 0 Å². The Morgan fingerprint density at radius 2 is 2.13 bits per heavy atom. The zero-order valence-corrected chi connectivity index (χ0v) is 10.0. The molecule has 15 heavy (non-hydrogen) atoms. The Morgan fingerprint density at radius 1 is 1.40 bits per heavy atom.